The van der Waals surface area contributed by atoms with Crippen molar-refractivity contribution in [2.75, 3.05) is 33.4 Å². The summed E-state index contributed by atoms with van der Waals surface area (Å²) >= 11 is 1.76. The number of aryl methyl sites for hydroxylation is 1. The lowest BCUT2D eigenvalue weighted by Crippen LogP contribution is -2.27. The number of hydrogen-bond acceptors (Lipinski definition) is 6. The van der Waals surface area contributed by atoms with Crippen molar-refractivity contribution in [2.24, 2.45) is 0 Å². The van der Waals surface area contributed by atoms with Crippen molar-refractivity contribution in [3.63, 3.8) is 0 Å². The normalized spacial score (nSPS) is 17.1. The molecule has 1 fully saturated rings. The van der Waals surface area contributed by atoms with Gasteiger partial charge in [0.15, 0.2) is 0 Å². The SMILES string of the molecule is COCCNC(=O)c1cc(C2CCN(Cc3cnc(C)s3)C2)nc2ccccc12. The van der Waals surface area contributed by atoms with Gasteiger partial charge in [0.1, 0.15) is 0 Å². The summed E-state index contributed by atoms with van der Waals surface area (Å²) in [4.78, 5) is 25.8. The summed E-state index contributed by atoms with van der Waals surface area (Å²) in [6, 6.07) is 9.85. The Labute approximate surface area is 174 Å². The third-order valence-corrected chi connectivity index (χ3v) is 6.21. The van der Waals surface area contributed by atoms with E-state index in [0.29, 0.717) is 24.6 Å². The number of pyridine rings is 1. The Hall–Kier alpha value is -2.35. The fourth-order valence-electron chi connectivity index (χ4n) is 3.87. The highest BCUT2D eigenvalue weighted by Gasteiger charge is 2.27. The van der Waals surface area contributed by atoms with E-state index in [0.717, 1.165) is 47.7 Å². The van der Waals surface area contributed by atoms with Crippen LogP contribution in [0.2, 0.25) is 0 Å². The van der Waals surface area contributed by atoms with Crippen molar-refractivity contribution in [3.8, 4) is 0 Å². The first-order chi connectivity index (χ1) is 14.1. The first-order valence-corrected chi connectivity index (χ1v) is 10.8. The molecule has 0 bridgehead atoms. The standard InChI is InChI=1S/C22H26N4O2S/c1-15-24-12-17(29-15)14-26-9-7-16(13-26)21-11-19(22(27)23-8-10-28-2)18-5-3-4-6-20(18)25-21/h3-6,11-12,16H,7-10,13-14H2,1-2H3,(H,23,27). The van der Waals surface area contributed by atoms with Crippen LogP contribution in [-0.4, -0.2) is 54.1 Å². The lowest BCUT2D eigenvalue weighted by atomic mass is 9.99. The van der Waals surface area contributed by atoms with Crippen LogP contribution in [0, 0.1) is 6.92 Å². The highest BCUT2D eigenvalue weighted by atomic mass is 32.1. The fraction of sp³-hybridized carbons (Fsp3) is 0.409. The van der Waals surface area contributed by atoms with Gasteiger partial charge in [-0.1, -0.05) is 18.2 Å². The van der Waals surface area contributed by atoms with Crippen LogP contribution in [0.15, 0.2) is 36.5 Å². The highest BCUT2D eigenvalue weighted by Crippen LogP contribution is 2.30. The average molecular weight is 411 g/mol. The molecule has 7 heteroatoms. The second-order valence-electron chi connectivity index (χ2n) is 7.43. The predicted octanol–water partition coefficient (Wildman–Crippen LogP) is 3.37. The van der Waals surface area contributed by atoms with Gasteiger partial charge in [0.25, 0.3) is 5.91 Å². The number of hydrogen-bond donors (Lipinski definition) is 1. The van der Waals surface area contributed by atoms with Crippen LogP contribution in [0.25, 0.3) is 10.9 Å². The Bertz CT molecular complexity index is 1000. The number of benzene rings is 1. The molecule has 0 saturated carbocycles. The molecule has 0 radical (unpaired) electrons. The number of carbonyl (C=O) groups is 1. The number of nitrogens with zero attached hydrogens (tertiary/aromatic N) is 3. The molecule has 1 aliphatic heterocycles. The zero-order valence-electron chi connectivity index (χ0n) is 16.9. The Balaban J connectivity index is 1.55. The van der Waals surface area contributed by atoms with E-state index in [9.17, 15) is 4.79 Å². The number of methoxy groups -OCH3 is 1. The first kappa shape index (κ1) is 19.9. The molecule has 1 aliphatic rings. The molecule has 6 nitrogen and oxygen atoms in total. The van der Waals surface area contributed by atoms with Crippen molar-refractivity contribution in [2.45, 2.75) is 25.8 Å². The lowest BCUT2D eigenvalue weighted by Gasteiger charge is -2.16. The van der Waals surface area contributed by atoms with Crippen molar-refractivity contribution in [1.29, 1.82) is 0 Å². The van der Waals surface area contributed by atoms with Crippen molar-refractivity contribution < 1.29 is 9.53 Å². The zero-order chi connectivity index (χ0) is 20.2. The molecule has 1 unspecified atom stereocenters. The number of aromatic nitrogens is 2. The third-order valence-electron chi connectivity index (χ3n) is 5.31. The molecule has 0 spiro atoms. The summed E-state index contributed by atoms with van der Waals surface area (Å²) in [5.74, 6) is 0.260. The number of fused-ring (bicyclic) bond motifs is 1. The Morgan fingerprint density at radius 2 is 2.24 bits per heavy atom. The van der Waals surface area contributed by atoms with Gasteiger partial charge in [0, 0.05) is 54.8 Å². The minimum atomic E-state index is -0.0723. The fourth-order valence-corrected chi connectivity index (χ4v) is 4.71. The second-order valence-corrected chi connectivity index (χ2v) is 8.75. The molecule has 152 valence electrons. The van der Waals surface area contributed by atoms with E-state index in [-0.39, 0.29) is 5.91 Å². The summed E-state index contributed by atoms with van der Waals surface area (Å²) in [5, 5.41) is 4.94. The van der Waals surface area contributed by atoms with Crippen LogP contribution in [0.5, 0.6) is 0 Å². The summed E-state index contributed by atoms with van der Waals surface area (Å²) in [6.45, 7) is 5.95. The van der Waals surface area contributed by atoms with Gasteiger partial charge in [-0.25, -0.2) is 4.98 Å². The molecule has 3 aromatic rings. The largest absolute Gasteiger partial charge is 0.383 e. The van der Waals surface area contributed by atoms with Crippen LogP contribution < -0.4 is 5.32 Å². The zero-order valence-corrected chi connectivity index (χ0v) is 17.7. The molecular weight excluding hydrogens is 384 g/mol. The predicted molar refractivity (Wildman–Crippen MR) is 115 cm³/mol. The molecule has 1 atom stereocenters. The number of rotatable bonds is 7. The number of amides is 1. The number of likely N-dealkylation sites (tertiary alicyclic amines) is 1. The molecule has 1 aromatic carbocycles. The van der Waals surface area contributed by atoms with E-state index in [4.69, 9.17) is 9.72 Å². The summed E-state index contributed by atoms with van der Waals surface area (Å²) < 4.78 is 5.05. The molecule has 4 rings (SSSR count). The second kappa shape index (κ2) is 8.98. The minimum absolute atomic E-state index is 0.0723. The van der Waals surface area contributed by atoms with Gasteiger partial charge in [0.05, 0.1) is 22.7 Å². The molecule has 2 aromatic heterocycles. The minimum Gasteiger partial charge on any atom is -0.383 e. The van der Waals surface area contributed by atoms with Gasteiger partial charge in [-0.05, 0) is 32.0 Å². The molecule has 0 aliphatic carbocycles. The van der Waals surface area contributed by atoms with Crippen LogP contribution in [0.3, 0.4) is 0 Å². The molecule has 3 heterocycles. The summed E-state index contributed by atoms with van der Waals surface area (Å²) in [7, 11) is 1.63. The number of carbonyl (C=O) groups excluding carboxylic acids is 1. The van der Waals surface area contributed by atoms with E-state index >= 15 is 0 Å². The Morgan fingerprint density at radius 3 is 3.03 bits per heavy atom. The summed E-state index contributed by atoms with van der Waals surface area (Å²) in [5.41, 5.74) is 2.57. The maximum Gasteiger partial charge on any atom is 0.252 e. The van der Waals surface area contributed by atoms with Gasteiger partial charge in [-0.15, -0.1) is 11.3 Å². The van der Waals surface area contributed by atoms with Gasteiger partial charge in [-0.3, -0.25) is 14.7 Å². The van der Waals surface area contributed by atoms with Crippen LogP contribution in [0.1, 0.15) is 38.3 Å². The molecule has 1 amide bonds. The highest BCUT2D eigenvalue weighted by molar-refractivity contribution is 7.11. The van der Waals surface area contributed by atoms with Crippen LogP contribution >= 0.6 is 11.3 Å². The lowest BCUT2D eigenvalue weighted by molar-refractivity contribution is 0.0938. The smallest absolute Gasteiger partial charge is 0.252 e. The van der Waals surface area contributed by atoms with Crippen LogP contribution in [0.4, 0.5) is 0 Å². The number of nitrogens with one attached hydrogen (secondary N) is 1. The summed E-state index contributed by atoms with van der Waals surface area (Å²) in [6.07, 6.45) is 3.03. The molecule has 1 N–H and O–H groups in total. The van der Waals surface area contributed by atoms with Crippen molar-refractivity contribution >= 4 is 28.1 Å². The van der Waals surface area contributed by atoms with E-state index in [1.165, 1.54) is 4.88 Å². The molecule has 1 saturated heterocycles. The number of thiazole rings is 1. The number of ether oxygens (including phenoxy) is 1. The van der Waals surface area contributed by atoms with E-state index in [1.54, 1.807) is 18.4 Å². The monoisotopic (exact) mass is 410 g/mol. The third kappa shape index (κ3) is 4.63. The van der Waals surface area contributed by atoms with E-state index in [2.05, 4.69) is 15.2 Å². The van der Waals surface area contributed by atoms with Gasteiger partial charge < -0.3 is 10.1 Å². The molecular formula is C22H26N4O2S. The molecule has 29 heavy (non-hydrogen) atoms. The van der Waals surface area contributed by atoms with E-state index < -0.39 is 0 Å². The topological polar surface area (TPSA) is 67.3 Å². The average Bonchev–Trinajstić information content (AvgIpc) is 3.36. The van der Waals surface area contributed by atoms with Gasteiger partial charge in [0.2, 0.25) is 0 Å². The van der Waals surface area contributed by atoms with Crippen LogP contribution in [-0.2, 0) is 11.3 Å². The Morgan fingerprint density at radius 1 is 1.38 bits per heavy atom. The quantitative estimate of drug-likeness (QED) is 0.605. The maximum atomic E-state index is 12.8. The van der Waals surface area contributed by atoms with Crippen molar-refractivity contribution in [1.82, 2.24) is 20.2 Å². The van der Waals surface area contributed by atoms with E-state index in [1.807, 2.05) is 43.5 Å². The van der Waals surface area contributed by atoms with Gasteiger partial charge >= 0.3 is 0 Å². The van der Waals surface area contributed by atoms with Crippen molar-refractivity contribution in [3.05, 3.63) is 57.7 Å². The maximum absolute atomic E-state index is 12.8. The number of para-hydroxylation sites is 1. The Kier molecular flexibility index (Phi) is 6.18. The first-order valence-electron chi connectivity index (χ1n) is 9.94. The van der Waals surface area contributed by atoms with Gasteiger partial charge in [-0.2, -0.15) is 0 Å².